The maximum Gasteiger partial charge on any atom is 0.408 e. The van der Waals surface area contributed by atoms with Crippen LogP contribution in [0.25, 0.3) is 0 Å². The predicted molar refractivity (Wildman–Crippen MR) is 180 cm³/mol. The minimum absolute atomic E-state index is 0.0207. The van der Waals surface area contributed by atoms with E-state index >= 15 is 0 Å². The highest BCUT2D eigenvalue weighted by molar-refractivity contribution is 6.38. The van der Waals surface area contributed by atoms with Gasteiger partial charge in [0.15, 0.2) is 0 Å². The van der Waals surface area contributed by atoms with Gasteiger partial charge in [-0.1, -0.05) is 81.8 Å². The Morgan fingerprint density at radius 2 is 1.68 bits per heavy atom. The number of Topliss-reactive ketones (excluding diaryl/α,β-unsaturated/α-hetero) is 1. The van der Waals surface area contributed by atoms with Gasteiger partial charge in [-0.25, -0.2) is 4.79 Å². The molecule has 3 unspecified atom stereocenters. The van der Waals surface area contributed by atoms with E-state index in [2.05, 4.69) is 21.3 Å². The van der Waals surface area contributed by atoms with Crippen LogP contribution in [0.5, 0.6) is 0 Å². The van der Waals surface area contributed by atoms with Gasteiger partial charge in [-0.15, -0.1) is 0 Å². The lowest BCUT2D eigenvalue weighted by Crippen LogP contribution is -2.55. The van der Waals surface area contributed by atoms with Gasteiger partial charge in [0.25, 0.3) is 5.91 Å². The summed E-state index contributed by atoms with van der Waals surface area (Å²) in [7, 11) is 0. The first-order valence-corrected chi connectivity index (χ1v) is 16.7. The first kappa shape index (κ1) is 35.9. The molecule has 0 aromatic heterocycles. The Morgan fingerprint density at radius 3 is 2.26 bits per heavy atom. The summed E-state index contributed by atoms with van der Waals surface area (Å²) < 4.78 is 6.09. The molecule has 10 nitrogen and oxygen atoms in total. The van der Waals surface area contributed by atoms with Crippen LogP contribution in [0.15, 0.2) is 54.6 Å². The molecule has 0 spiro atoms. The van der Waals surface area contributed by atoms with Crippen molar-refractivity contribution in [2.75, 3.05) is 0 Å². The molecule has 47 heavy (non-hydrogen) atoms. The van der Waals surface area contributed by atoms with E-state index in [9.17, 15) is 24.0 Å². The molecule has 0 radical (unpaired) electrons. The summed E-state index contributed by atoms with van der Waals surface area (Å²) in [5.74, 6) is -3.09. The molecule has 1 aliphatic carbocycles. The van der Waals surface area contributed by atoms with Gasteiger partial charge in [-0.2, -0.15) is 0 Å². The van der Waals surface area contributed by atoms with Crippen LogP contribution in [0.1, 0.15) is 90.9 Å². The fraction of sp³-hybridized carbons (Fsp3) is 0.528. The van der Waals surface area contributed by atoms with Gasteiger partial charge in [0, 0.05) is 27.9 Å². The van der Waals surface area contributed by atoms with Crippen LogP contribution < -0.4 is 21.3 Å². The molecule has 2 fully saturated rings. The van der Waals surface area contributed by atoms with Crippen molar-refractivity contribution in [3.05, 3.63) is 70.7 Å². The van der Waals surface area contributed by atoms with Gasteiger partial charge < -0.3 is 26.0 Å². The van der Waals surface area contributed by atoms with E-state index in [1.807, 2.05) is 90.1 Å². The summed E-state index contributed by atoms with van der Waals surface area (Å²) in [6, 6.07) is 14.3. The summed E-state index contributed by atoms with van der Waals surface area (Å²) in [5.41, 5.74) is 0.409. The Kier molecular flexibility index (Phi) is 11.4. The van der Waals surface area contributed by atoms with Crippen molar-refractivity contribution < 1.29 is 28.7 Å². The van der Waals surface area contributed by atoms with E-state index < -0.39 is 58.8 Å². The van der Waals surface area contributed by atoms with Crippen molar-refractivity contribution in [1.29, 1.82) is 0 Å². The predicted octanol–water partition coefficient (Wildman–Crippen LogP) is 5.14. The maximum atomic E-state index is 13.8. The van der Waals surface area contributed by atoms with Crippen LogP contribution in [0.3, 0.4) is 0 Å². The molecule has 0 bridgehead atoms. The molecule has 2 aromatic rings. The van der Waals surface area contributed by atoms with E-state index in [1.165, 1.54) is 0 Å². The van der Waals surface area contributed by atoms with Gasteiger partial charge in [0.1, 0.15) is 12.1 Å². The van der Waals surface area contributed by atoms with Gasteiger partial charge in [-0.3, -0.25) is 19.2 Å². The first-order chi connectivity index (χ1) is 22.1. The number of hydrogen-bond donors (Lipinski definition) is 4. The molecule has 2 aliphatic rings. The zero-order valence-electron chi connectivity index (χ0n) is 28.0. The monoisotopic (exact) mass is 666 g/mol. The molecule has 1 heterocycles. The molecular formula is C36H47ClN4O6. The minimum Gasteiger partial charge on any atom is -0.440 e. The second-order valence-electron chi connectivity index (χ2n) is 14.4. The Morgan fingerprint density at radius 1 is 1.00 bits per heavy atom. The van der Waals surface area contributed by atoms with Crippen LogP contribution >= 0.6 is 11.6 Å². The third-order valence-electron chi connectivity index (χ3n) is 8.75. The Labute approximate surface area is 282 Å². The van der Waals surface area contributed by atoms with Crippen LogP contribution in [-0.2, 0) is 29.3 Å². The quantitative estimate of drug-likeness (QED) is 0.206. The summed E-state index contributed by atoms with van der Waals surface area (Å²) in [5, 5.41) is 11.6. The number of amides is 4. The highest BCUT2D eigenvalue weighted by Crippen LogP contribution is 2.40. The number of hydrogen-bond acceptors (Lipinski definition) is 6. The summed E-state index contributed by atoms with van der Waals surface area (Å²) in [4.78, 5) is 66.3. The number of carbonyl (C=O) groups is 5. The fourth-order valence-corrected chi connectivity index (χ4v) is 6.29. The third-order valence-corrected chi connectivity index (χ3v) is 8.98. The van der Waals surface area contributed by atoms with E-state index in [1.54, 1.807) is 6.07 Å². The van der Waals surface area contributed by atoms with Crippen LogP contribution in [0.2, 0.25) is 5.02 Å². The maximum absolute atomic E-state index is 13.8. The largest absolute Gasteiger partial charge is 0.440 e. The lowest BCUT2D eigenvalue weighted by Gasteiger charge is -2.35. The number of halogens is 1. The molecule has 1 saturated carbocycles. The summed E-state index contributed by atoms with van der Waals surface area (Å²) in [6.45, 7) is 11.5. The Balaban J connectivity index is 1.54. The van der Waals surface area contributed by atoms with Gasteiger partial charge in [-0.05, 0) is 75.1 Å². The van der Waals surface area contributed by atoms with Crippen LogP contribution in [0, 0.1) is 11.8 Å². The molecule has 4 N–H and O–H groups in total. The van der Waals surface area contributed by atoms with Crippen molar-refractivity contribution in [2.45, 2.75) is 109 Å². The molecule has 1 saturated heterocycles. The summed E-state index contributed by atoms with van der Waals surface area (Å²) in [6.07, 6.45) is 0.641. The van der Waals surface area contributed by atoms with Crippen LogP contribution in [0.4, 0.5) is 4.79 Å². The van der Waals surface area contributed by atoms with Crippen molar-refractivity contribution in [1.82, 2.24) is 21.3 Å². The summed E-state index contributed by atoms with van der Waals surface area (Å²) >= 11 is 6.31. The number of carbonyl (C=O) groups excluding carboxylic acids is 5. The van der Waals surface area contributed by atoms with Gasteiger partial charge in [0.05, 0.1) is 6.04 Å². The van der Waals surface area contributed by atoms with Gasteiger partial charge in [0.2, 0.25) is 17.6 Å². The molecule has 2 aromatic carbocycles. The number of alkyl carbamates (subject to hydrolysis) is 1. The lowest BCUT2D eigenvalue weighted by molar-refractivity contribution is -0.141. The number of benzene rings is 2. The average Bonchev–Trinajstić information content (AvgIpc) is 3.77. The number of ether oxygens (including phenoxy) is 1. The molecule has 11 heteroatoms. The smallest absolute Gasteiger partial charge is 0.408 e. The van der Waals surface area contributed by atoms with Crippen LogP contribution in [-0.4, -0.2) is 53.3 Å². The minimum atomic E-state index is -1.25. The number of ketones is 1. The molecule has 1 aliphatic heterocycles. The van der Waals surface area contributed by atoms with Crippen molar-refractivity contribution in [2.24, 2.45) is 11.8 Å². The van der Waals surface area contributed by atoms with E-state index in [-0.39, 0.29) is 30.7 Å². The third kappa shape index (κ3) is 9.79. The second-order valence-corrected chi connectivity index (χ2v) is 14.9. The first-order valence-electron chi connectivity index (χ1n) is 16.3. The molecule has 4 atom stereocenters. The highest BCUT2D eigenvalue weighted by Gasteiger charge is 2.42. The van der Waals surface area contributed by atoms with E-state index in [4.69, 9.17) is 16.3 Å². The standard InChI is InChI=1S/C36H47ClN4O6/c1-21(2)17-28(32(44)39-27(29(42)33(45)38-26-15-16-26)18-23-20-35(3,4)41-31(23)43)40-34(46)47-30(22-11-8-7-9-12-22)36(5,6)24-13-10-14-25(37)19-24/h7-14,19,21,23,26-28,30H,15-18,20H2,1-6H3,(H,38,45)(H,39,44)(H,40,46)(H,41,43)/t23?,27?,28-,30?/m0/s1. The highest BCUT2D eigenvalue weighted by atomic mass is 35.5. The zero-order valence-corrected chi connectivity index (χ0v) is 28.8. The van der Waals surface area contributed by atoms with Crippen molar-refractivity contribution in [3.8, 4) is 0 Å². The lowest BCUT2D eigenvalue weighted by atomic mass is 9.76. The van der Waals surface area contributed by atoms with E-state index in [0.29, 0.717) is 11.4 Å². The topological polar surface area (TPSA) is 143 Å². The molecular weight excluding hydrogens is 620 g/mol. The number of nitrogens with one attached hydrogen (secondary N) is 4. The molecule has 4 amide bonds. The Hall–Kier alpha value is -3.92. The fourth-order valence-electron chi connectivity index (χ4n) is 6.10. The SMILES string of the molecule is CC(C)C[C@H](NC(=O)OC(c1ccccc1)C(C)(C)c1cccc(Cl)c1)C(=O)NC(CC1CC(C)(C)NC1=O)C(=O)C(=O)NC1CC1. The zero-order chi connectivity index (χ0) is 34.5. The average molecular weight is 667 g/mol. The Bertz CT molecular complexity index is 1470. The van der Waals surface area contributed by atoms with Crippen molar-refractivity contribution >= 4 is 41.2 Å². The van der Waals surface area contributed by atoms with Crippen molar-refractivity contribution in [3.63, 3.8) is 0 Å². The number of rotatable bonds is 14. The molecule has 4 rings (SSSR count). The van der Waals surface area contributed by atoms with E-state index in [0.717, 1.165) is 24.0 Å². The van der Waals surface area contributed by atoms with Gasteiger partial charge >= 0.3 is 6.09 Å². The molecule has 254 valence electrons. The normalized spacial score (nSPS) is 19.2. The second kappa shape index (κ2) is 14.9.